The Balaban J connectivity index is 2.44. The summed E-state index contributed by atoms with van der Waals surface area (Å²) in [5, 5.41) is 1.68. The van der Waals surface area contributed by atoms with Crippen LogP contribution in [0.15, 0.2) is 12.2 Å². The van der Waals surface area contributed by atoms with Crippen LogP contribution in [0, 0.1) is 0 Å². The minimum Gasteiger partial charge on any atom is -0.227 e. The van der Waals surface area contributed by atoms with E-state index in [0.717, 1.165) is 19.2 Å². The second kappa shape index (κ2) is 3.34. The quantitative estimate of drug-likeness (QED) is 0.588. The van der Waals surface area contributed by atoms with Crippen LogP contribution in [0.1, 0.15) is 6.42 Å². The number of hydrazine groups is 1. The standard InChI is InChI=1S/C6H12N2O2S/c1-11(9,10)7-8-5-3-2-4-6-8/h2-3,7H,4-6H2,1H3. The lowest BCUT2D eigenvalue weighted by molar-refractivity contribution is 0.264. The summed E-state index contributed by atoms with van der Waals surface area (Å²) in [4.78, 5) is 2.41. The van der Waals surface area contributed by atoms with Crippen LogP contribution < -0.4 is 4.83 Å². The van der Waals surface area contributed by atoms with Crippen LogP contribution in [0.5, 0.6) is 0 Å². The highest BCUT2D eigenvalue weighted by Crippen LogP contribution is 1.97. The number of nitrogens with zero attached hydrogens (tertiary/aromatic N) is 1. The zero-order valence-electron chi connectivity index (χ0n) is 6.45. The van der Waals surface area contributed by atoms with E-state index in [4.69, 9.17) is 0 Å². The summed E-state index contributed by atoms with van der Waals surface area (Å²) >= 11 is 0. The maximum Gasteiger partial charge on any atom is 0.221 e. The molecule has 4 nitrogen and oxygen atoms in total. The molecule has 0 saturated carbocycles. The molecule has 0 aromatic rings. The van der Waals surface area contributed by atoms with Gasteiger partial charge in [0.15, 0.2) is 0 Å². The molecule has 0 aromatic heterocycles. The van der Waals surface area contributed by atoms with Gasteiger partial charge < -0.3 is 0 Å². The number of hydrogen-bond acceptors (Lipinski definition) is 3. The first-order valence-corrected chi connectivity index (χ1v) is 5.34. The highest BCUT2D eigenvalue weighted by atomic mass is 32.2. The van der Waals surface area contributed by atoms with Crippen molar-refractivity contribution in [1.82, 2.24) is 9.84 Å². The molecule has 1 aliphatic heterocycles. The van der Waals surface area contributed by atoms with E-state index >= 15 is 0 Å². The molecule has 1 rings (SSSR count). The van der Waals surface area contributed by atoms with Gasteiger partial charge in [-0.15, -0.1) is 4.83 Å². The van der Waals surface area contributed by atoms with E-state index in [9.17, 15) is 8.42 Å². The Bertz CT molecular complexity index is 245. The monoisotopic (exact) mass is 176 g/mol. The van der Waals surface area contributed by atoms with Crippen molar-refractivity contribution in [3.8, 4) is 0 Å². The Kier molecular flexibility index (Phi) is 2.64. The molecule has 11 heavy (non-hydrogen) atoms. The first-order chi connectivity index (χ1) is 5.08. The molecule has 5 heteroatoms. The van der Waals surface area contributed by atoms with E-state index in [1.165, 1.54) is 0 Å². The number of rotatable bonds is 2. The molecule has 0 aliphatic carbocycles. The Labute approximate surface area is 66.9 Å². The van der Waals surface area contributed by atoms with E-state index in [2.05, 4.69) is 4.83 Å². The van der Waals surface area contributed by atoms with Gasteiger partial charge in [-0.05, 0) is 6.42 Å². The molecule has 1 heterocycles. The third-order valence-corrected chi connectivity index (χ3v) is 1.94. The van der Waals surface area contributed by atoms with Crippen molar-refractivity contribution in [2.75, 3.05) is 19.3 Å². The van der Waals surface area contributed by atoms with Gasteiger partial charge in [0.25, 0.3) is 0 Å². The van der Waals surface area contributed by atoms with Gasteiger partial charge in [0.1, 0.15) is 0 Å². The average molecular weight is 176 g/mol. The SMILES string of the molecule is CS(=O)(=O)NN1CC=CCC1. The summed E-state index contributed by atoms with van der Waals surface area (Å²) in [6, 6.07) is 0. The van der Waals surface area contributed by atoms with Gasteiger partial charge in [0, 0.05) is 13.1 Å². The Hall–Kier alpha value is -0.390. The van der Waals surface area contributed by atoms with Gasteiger partial charge in [0.05, 0.1) is 6.26 Å². The fourth-order valence-corrected chi connectivity index (χ4v) is 1.59. The molecule has 0 amide bonds. The summed E-state index contributed by atoms with van der Waals surface area (Å²) < 4.78 is 21.4. The summed E-state index contributed by atoms with van der Waals surface area (Å²) in [6.07, 6.45) is 6.05. The highest BCUT2D eigenvalue weighted by Gasteiger charge is 2.09. The van der Waals surface area contributed by atoms with Crippen molar-refractivity contribution in [3.05, 3.63) is 12.2 Å². The van der Waals surface area contributed by atoms with Crippen molar-refractivity contribution < 1.29 is 8.42 Å². The lowest BCUT2D eigenvalue weighted by Crippen LogP contribution is -2.43. The van der Waals surface area contributed by atoms with Gasteiger partial charge in [-0.25, -0.2) is 13.4 Å². The lowest BCUT2D eigenvalue weighted by atomic mass is 10.3. The van der Waals surface area contributed by atoms with Crippen LogP contribution in [0.4, 0.5) is 0 Å². The summed E-state index contributed by atoms with van der Waals surface area (Å²) in [5.41, 5.74) is 0. The predicted molar refractivity (Wildman–Crippen MR) is 43.3 cm³/mol. The van der Waals surface area contributed by atoms with Crippen molar-refractivity contribution in [2.45, 2.75) is 6.42 Å². The van der Waals surface area contributed by atoms with E-state index in [1.54, 1.807) is 5.01 Å². The Morgan fingerprint density at radius 2 is 2.18 bits per heavy atom. The Morgan fingerprint density at radius 3 is 2.64 bits per heavy atom. The van der Waals surface area contributed by atoms with Gasteiger partial charge in [0.2, 0.25) is 10.0 Å². The largest absolute Gasteiger partial charge is 0.227 e. The van der Waals surface area contributed by atoms with E-state index in [1.807, 2.05) is 12.2 Å². The van der Waals surface area contributed by atoms with E-state index in [-0.39, 0.29) is 0 Å². The molecular formula is C6H12N2O2S. The van der Waals surface area contributed by atoms with Crippen LogP contribution in [-0.4, -0.2) is 32.8 Å². The molecule has 0 unspecified atom stereocenters. The summed E-state index contributed by atoms with van der Waals surface area (Å²) in [6.45, 7) is 1.41. The topological polar surface area (TPSA) is 49.4 Å². The molecule has 0 radical (unpaired) electrons. The first-order valence-electron chi connectivity index (χ1n) is 3.45. The smallest absolute Gasteiger partial charge is 0.221 e. The number of nitrogens with one attached hydrogen (secondary N) is 1. The van der Waals surface area contributed by atoms with Gasteiger partial charge in [-0.2, -0.15) is 0 Å². The Morgan fingerprint density at radius 1 is 1.45 bits per heavy atom. The van der Waals surface area contributed by atoms with E-state index in [0.29, 0.717) is 6.54 Å². The van der Waals surface area contributed by atoms with Gasteiger partial charge >= 0.3 is 0 Å². The zero-order valence-corrected chi connectivity index (χ0v) is 7.26. The zero-order chi connectivity index (χ0) is 8.32. The molecular weight excluding hydrogens is 164 g/mol. The summed E-state index contributed by atoms with van der Waals surface area (Å²) in [5.74, 6) is 0. The molecule has 0 spiro atoms. The average Bonchev–Trinajstić information content (AvgIpc) is 1.85. The minimum absolute atomic E-state index is 0.660. The van der Waals surface area contributed by atoms with Crippen LogP contribution >= 0.6 is 0 Å². The molecule has 0 fully saturated rings. The van der Waals surface area contributed by atoms with Crippen LogP contribution in [0.25, 0.3) is 0 Å². The van der Waals surface area contributed by atoms with Crippen LogP contribution in [0.3, 0.4) is 0 Å². The van der Waals surface area contributed by atoms with Gasteiger partial charge in [-0.3, -0.25) is 0 Å². The minimum atomic E-state index is -3.08. The molecule has 1 N–H and O–H groups in total. The van der Waals surface area contributed by atoms with Crippen LogP contribution in [-0.2, 0) is 10.0 Å². The molecule has 1 aliphatic rings. The van der Waals surface area contributed by atoms with Crippen molar-refractivity contribution in [1.29, 1.82) is 0 Å². The normalized spacial score (nSPS) is 20.5. The third-order valence-electron chi connectivity index (χ3n) is 1.35. The second-order valence-electron chi connectivity index (χ2n) is 2.57. The first kappa shape index (κ1) is 8.70. The fourth-order valence-electron chi connectivity index (χ4n) is 0.959. The maximum absolute atomic E-state index is 10.7. The molecule has 0 saturated heterocycles. The molecule has 0 aromatic carbocycles. The van der Waals surface area contributed by atoms with Crippen LogP contribution in [0.2, 0.25) is 0 Å². The predicted octanol–water partition coefficient (Wildman–Crippen LogP) is -0.287. The number of hydrogen-bond donors (Lipinski definition) is 1. The van der Waals surface area contributed by atoms with E-state index < -0.39 is 10.0 Å². The van der Waals surface area contributed by atoms with Crippen molar-refractivity contribution in [3.63, 3.8) is 0 Å². The molecule has 64 valence electrons. The summed E-state index contributed by atoms with van der Waals surface area (Å²) in [7, 11) is -3.08. The van der Waals surface area contributed by atoms with Crippen molar-refractivity contribution >= 4 is 10.0 Å². The second-order valence-corrected chi connectivity index (χ2v) is 4.30. The fraction of sp³-hybridized carbons (Fsp3) is 0.667. The van der Waals surface area contributed by atoms with Gasteiger partial charge in [-0.1, -0.05) is 12.2 Å². The molecule has 0 atom stereocenters. The third kappa shape index (κ3) is 3.50. The maximum atomic E-state index is 10.7. The lowest BCUT2D eigenvalue weighted by Gasteiger charge is -2.22. The van der Waals surface area contributed by atoms with Crippen molar-refractivity contribution in [2.24, 2.45) is 0 Å². The molecule has 0 bridgehead atoms. The highest BCUT2D eigenvalue weighted by molar-refractivity contribution is 7.88. The number of sulfonamides is 1.